The van der Waals surface area contributed by atoms with Crippen LogP contribution in [0.15, 0.2) is 48.5 Å². The molecule has 1 aliphatic rings. The van der Waals surface area contributed by atoms with Crippen LogP contribution in [-0.4, -0.2) is 35.0 Å². The first kappa shape index (κ1) is 16.2. The first-order chi connectivity index (χ1) is 11.5. The quantitative estimate of drug-likeness (QED) is 0.941. The van der Waals surface area contributed by atoms with E-state index in [0.717, 1.165) is 24.8 Å². The van der Waals surface area contributed by atoms with Crippen LogP contribution >= 0.6 is 0 Å². The standard InChI is InChI=1S/C20H21NO3/c1-21(18-11-10-15-4-2-3-5-17(15)13-18)19(22)12-14-6-8-16(9-7-14)20(23)24/h2-9,18H,10-13H2,1H3,(H,23,24). The smallest absolute Gasteiger partial charge is 0.335 e. The van der Waals surface area contributed by atoms with Crippen LogP contribution in [0, 0.1) is 0 Å². The van der Waals surface area contributed by atoms with Crippen molar-refractivity contribution in [3.8, 4) is 0 Å². The van der Waals surface area contributed by atoms with Crippen molar-refractivity contribution in [1.29, 1.82) is 0 Å². The number of carbonyl (C=O) groups is 2. The summed E-state index contributed by atoms with van der Waals surface area (Å²) in [6.45, 7) is 0. The number of hydrogen-bond donors (Lipinski definition) is 1. The molecule has 4 heteroatoms. The van der Waals surface area contributed by atoms with Gasteiger partial charge in [0.25, 0.3) is 0 Å². The summed E-state index contributed by atoms with van der Waals surface area (Å²) in [5.74, 6) is -0.881. The minimum atomic E-state index is -0.953. The molecule has 0 aliphatic heterocycles. The van der Waals surface area contributed by atoms with Crippen LogP contribution in [0.4, 0.5) is 0 Å². The zero-order valence-electron chi connectivity index (χ0n) is 13.7. The van der Waals surface area contributed by atoms with Gasteiger partial charge in [0.15, 0.2) is 0 Å². The van der Waals surface area contributed by atoms with Gasteiger partial charge in [0, 0.05) is 13.1 Å². The van der Waals surface area contributed by atoms with E-state index in [9.17, 15) is 9.59 Å². The molecule has 0 bridgehead atoms. The normalized spacial score (nSPS) is 16.3. The summed E-state index contributed by atoms with van der Waals surface area (Å²) < 4.78 is 0. The molecule has 124 valence electrons. The number of carboxylic acid groups (broad SMARTS) is 1. The van der Waals surface area contributed by atoms with Gasteiger partial charge in [-0.2, -0.15) is 0 Å². The van der Waals surface area contributed by atoms with E-state index in [1.165, 1.54) is 11.1 Å². The van der Waals surface area contributed by atoms with Crippen LogP contribution in [0.2, 0.25) is 0 Å². The third-order valence-electron chi connectivity index (χ3n) is 4.82. The molecule has 2 aromatic rings. The van der Waals surface area contributed by atoms with Crippen molar-refractivity contribution < 1.29 is 14.7 Å². The van der Waals surface area contributed by atoms with Gasteiger partial charge in [0.05, 0.1) is 12.0 Å². The fourth-order valence-electron chi connectivity index (χ4n) is 3.28. The molecule has 0 spiro atoms. The van der Waals surface area contributed by atoms with E-state index in [1.54, 1.807) is 24.3 Å². The molecule has 4 nitrogen and oxygen atoms in total. The van der Waals surface area contributed by atoms with Crippen LogP contribution in [0.3, 0.4) is 0 Å². The number of rotatable bonds is 4. The number of carbonyl (C=O) groups excluding carboxylic acids is 1. The Labute approximate surface area is 141 Å². The highest BCUT2D eigenvalue weighted by molar-refractivity contribution is 5.87. The molecule has 1 atom stereocenters. The predicted molar refractivity (Wildman–Crippen MR) is 92.1 cm³/mol. The fraction of sp³-hybridized carbons (Fsp3) is 0.300. The van der Waals surface area contributed by atoms with E-state index >= 15 is 0 Å². The monoisotopic (exact) mass is 323 g/mol. The third kappa shape index (κ3) is 3.48. The molecule has 0 saturated heterocycles. The molecule has 1 unspecified atom stereocenters. The molecular weight excluding hydrogens is 302 g/mol. The lowest BCUT2D eigenvalue weighted by Crippen LogP contribution is -2.41. The summed E-state index contributed by atoms with van der Waals surface area (Å²) in [5, 5.41) is 8.92. The average Bonchev–Trinajstić information content (AvgIpc) is 2.61. The van der Waals surface area contributed by atoms with Crippen molar-refractivity contribution in [2.45, 2.75) is 31.7 Å². The van der Waals surface area contributed by atoms with Gasteiger partial charge in [0.2, 0.25) is 5.91 Å². The van der Waals surface area contributed by atoms with E-state index < -0.39 is 5.97 Å². The molecule has 1 aliphatic carbocycles. The fourth-order valence-corrected chi connectivity index (χ4v) is 3.28. The van der Waals surface area contributed by atoms with Gasteiger partial charge in [-0.3, -0.25) is 4.79 Å². The van der Waals surface area contributed by atoms with E-state index in [-0.39, 0.29) is 17.5 Å². The number of nitrogens with zero attached hydrogens (tertiary/aromatic N) is 1. The maximum absolute atomic E-state index is 12.6. The van der Waals surface area contributed by atoms with Crippen LogP contribution < -0.4 is 0 Å². The van der Waals surface area contributed by atoms with Crippen molar-refractivity contribution in [2.24, 2.45) is 0 Å². The number of carboxylic acids is 1. The number of benzene rings is 2. The molecule has 1 amide bonds. The molecule has 0 heterocycles. The Hall–Kier alpha value is -2.62. The molecule has 0 aromatic heterocycles. The minimum Gasteiger partial charge on any atom is -0.478 e. The second-order valence-corrected chi connectivity index (χ2v) is 6.35. The lowest BCUT2D eigenvalue weighted by Gasteiger charge is -2.32. The number of aryl methyl sites for hydroxylation is 1. The summed E-state index contributed by atoms with van der Waals surface area (Å²) in [6.07, 6.45) is 3.19. The van der Waals surface area contributed by atoms with Crippen molar-refractivity contribution in [3.63, 3.8) is 0 Å². The van der Waals surface area contributed by atoms with Crippen LogP contribution in [-0.2, 0) is 24.1 Å². The van der Waals surface area contributed by atoms with Crippen molar-refractivity contribution in [2.75, 3.05) is 7.05 Å². The van der Waals surface area contributed by atoms with Gasteiger partial charge in [-0.15, -0.1) is 0 Å². The van der Waals surface area contributed by atoms with E-state index in [0.29, 0.717) is 6.42 Å². The Morgan fingerprint density at radius 3 is 2.42 bits per heavy atom. The molecule has 2 aromatic carbocycles. The predicted octanol–water partition coefficient (Wildman–Crippen LogP) is 2.94. The van der Waals surface area contributed by atoms with Crippen molar-refractivity contribution in [3.05, 3.63) is 70.8 Å². The Kier molecular flexibility index (Phi) is 4.65. The zero-order chi connectivity index (χ0) is 17.1. The molecule has 3 rings (SSSR count). The second kappa shape index (κ2) is 6.87. The van der Waals surface area contributed by atoms with Crippen molar-refractivity contribution in [1.82, 2.24) is 4.90 Å². The Morgan fingerprint density at radius 2 is 1.75 bits per heavy atom. The van der Waals surface area contributed by atoms with Gasteiger partial charge in [-0.25, -0.2) is 4.79 Å². The Bertz CT molecular complexity index is 752. The van der Waals surface area contributed by atoms with Gasteiger partial charge in [-0.1, -0.05) is 36.4 Å². The maximum atomic E-state index is 12.6. The van der Waals surface area contributed by atoms with E-state index in [4.69, 9.17) is 5.11 Å². The summed E-state index contributed by atoms with van der Waals surface area (Å²) in [5.41, 5.74) is 3.80. The van der Waals surface area contributed by atoms with Gasteiger partial charge in [-0.05, 0) is 48.1 Å². The minimum absolute atomic E-state index is 0.0717. The Morgan fingerprint density at radius 1 is 1.08 bits per heavy atom. The van der Waals surface area contributed by atoms with Crippen LogP contribution in [0.25, 0.3) is 0 Å². The highest BCUT2D eigenvalue weighted by atomic mass is 16.4. The molecule has 0 fully saturated rings. The van der Waals surface area contributed by atoms with Crippen LogP contribution in [0.5, 0.6) is 0 Å². The number of aromatic carboxylic acids is 1. The first-order valence-corrected chi connectivity index (χ1v) is 8.19. The lowest BCUT2D eigenvalue weighted by molar-refractivity contribution is -0.131. The number of amides is 1. The molecule has 24 heavy (non-hydrogen) atoms. The van der Waals surface area contributed by atoms with Crippen LogP contribution in [0.1, 0.15) is 33.5 Å². The van der Waals surface area contributed by atoms with Gasteiger partial charge >= 0.3 is 5.97 Å². The van der Waals surface area contributed by atoms with Gasteiger partial charge in [0.1, 0.15) is 0 Å². The highest BCUT2D eigenvalue weighted by Gasteiger charge is 2.24. The summed E-state index contributed by atoms with van der Waals surface area (Å²) >= 11 is 0. The Balaban J connectivity index is 1.64. The zero-order valence-corrected chi connectivity index (χ0v) is 13.7. The van der Waals surface area contributed by atoms with E-state index in [2.05, 4.69) is 18.2 Å². The second-order valence-electron chi connectivity index (χ2n) is 6.35. The summed E-state index contributed by atoms with van der Waals surface area (Å²) in [7, 11) is 1.87. The number of likely N-dealkylation sites (N-methyl/N-ethyl adjacent to an activating group) is 1. The molecular formula is C20H21NO3. The molecule has 1 N–H and O–H groups in total. The SMILES string of the molecule is CN(C(=O)Cc1ccc(C(=O)O)cc1)C1CCc2ccccc2C1. The third-order valence-corrected chi connectivity index (χ3v) is 4.82. The highest BCUT2D eigenvalue weighted by Crippen LogP contribution is 2.24. The lowest BCUT2D eigenvalue weighted by atomic mass is 9.87. The van der Waals surface area contributed by atoms with Crippen molar-refractivity contribution >= 4 is 11.9 Å². The van der Waals surface area contributed by atoms with Gasteiger partial charge < -0.3 is 10.0 Å². The largest absolute Gasteiger partial charge is 0.478 e. The molecule has 0 saturated carbocycles. The molecule has 0 radical (unpaired) electrons. The topological polar surface area (TPSA) is 57.6 Å². The maximum Gasteiger partial charge on any atom is 0.335 e. The number of fused-ring (bicyclic) bond motifs is 1. The van der Waals surface area contributed by atoms with E-state index in [1.807, 2.05) is 18.0 Å². The number of hydrogen-bond acceptors (Lipinski definition) is 2. The first-order valence-electron chi connectivity index (χ1n) is 8.19. The summed E-state index contributed by atoms with van der Waals surface area (Å²) in [6, 6.07) is 15.2. The summed E-state index contributed by atoms with van der Waals surface area (Å²) in [4.78, 5) is 25.3. The average molecular weight is 323 g/mol.